The van der Waals surface area contributed by atoms with E-state index in [-0.39, 0.29) is 5.78 Å². The van der Waals surface area contributed by atoms with Crippen LogP contribution in [0.4, 0.5) is 5.69 Å². The number of hydrogen-bond donors (Lipinski definition) is 0. The summed E-state index contributed by atoms with van der Waals surface area (Å²) in [5, 5.41) is 0. The summed E-state index contributed by atoms with van der Waals surface area (Å²) in [6, 6.07) is 8.14. The van der Waals surface area contributed by atoms with Crippen LogP contribution in [0.3, 0.4) is 0 Å². The third kappa shape index (κ3) is 3.59. The van der Waals surface area contributed by atoms with Crippen LogP contribution in [0.2, 0.25) is 0 Å². The molecule has 1 aliphatic rings. The number of benzene rings is 1. The maximum Gasteiger partial charge on any atom is 0.162 e. The van der Waals surface area contributed by atoms with Gasteiger partial charge in [-0.1, -0.05) is 20.8 Å². The van der Waals surface area contributed by atoms with Crippen molar-refractivity contribution in [3.8, 4) is 0 Å². The van der Waals surface area contributed by atoms with E-state index in [2.05, 4.69) is 30.9 Å². The van der Waals surface area contributed by atoms with Gasteiger partial charge in [0.2, 0.25) is 0 Å². The molecule has 2 nitrogen and oxygen atoms in total. The number of rotatable bonds is 3. The van der Waals surface area contributed by atoms with Gasteiger partial charge < -0.3 is 4.90 Å². The van der Waals surface area contributed by atoms with E-state index in [9.17, 15) is 4.79 Å². The number of hydrogen-bond acceptors (Lipinski definition) is 2. The second-order valence-corrected chi connectivity index (χ2v) is 6.33. The van der Waals surface area contributed by atoms with Gasteiger partial charge in [0.1, 0.15) is 0 Å². The minimum absolute atomic E-state index is 0.226. The molecular weight excluding hydrogens is 234 g/mol. The summed E-state index contributed by atoms with van der Waals surface area (Å²) in [6.07, 6.45) is 4.37. The lowest BCUT2D eigenvalue weighted by molar-refractivity contribution is 0.0988. The van der Waals surface area contributed by atoms with Crippen LogP contribution in [0, 0.1) is 5.41 Å². The highest BCUT2D eigenvalue weighted by molar-refractivity contribution is 5.96. The smallest absolute Gasteiger partial charge is 0.162 e. The molecule has 1 saturated heterocycles. The Morgan fingerprint density at radius 2 is 1.84 bits per heavy atom. The molecule has 0 radical (unpaired) electrons. The van der Waals surface area contributed by atoms with Crippen LogP contribution in [0.5, 0.6) is 0 Å². The van der Waals surface area contributed by atoms with E-state index in [1.165, 1.54) is 24.9 Å². The molecule has 0 amide bonds. The van der Waals surface area contributed by atoms with Gasteiger partial charge in [0.05, 0.1) is 0 Å². The molecule has 1 aliphatic heterocycles. The quantitative estimate of drug-likeness (QED) is 0.754. The normalized spacial score (nSPS) is 19.0. The van der Waals surface area contributed by atoms with Crippen LogP contribution in [-0.2, 0) is 0 Å². The molecule has 104 valence electrons. The number of carbonyl (C=O) groups excluding carboxylic acids is 1. The summed E-state index contributed by atoms with van der Waals surface area (Å²) in [7, 11) is 0. The standard InChI is InChI=1S/C17H25NO/c1-4-16(19)14-6-8-15(9-7-14)18-12-5-10-17(2,3)11-13-18/h6-9H,4-5,10-13H2,1-3H3. The molecule has 0 unspecified atom stereocenters. The van der Waals surface area contributed by atoms with Gasteiger partial charge >= 0.3 is 0 Å². The summed E-state index contributed by atoms with van der Waals surface area (Å²) in [5.74, 6) is 0.226. The molecule has 0 N–H and O–H groups in total. The van der Waals surface area contributed by atoms with Gasteiger partial charge in [0.15, 0.2) is 5.78 Å². The Labute approximate surface area is 116 Å². The van der Waals surface area contributed by atoms with Crippen LogP contribution in [0.25, 0.3) is 0 Å². The SMILES string of the molecule is CCC(=O)c1ccc(N2CCCC(C)(C)CC2)cc1. The molecule has 1 aromatic carbocycles. The third-order valence-corrected chi connectivity index (χ3v) is 4.22. The number of Topliss-reactive ketones (excluding diaryl/α,β-unsaturated/α-hetero) is 1. The molecule has 1 fully saturated rings. The van der Waals surface area contributed by atoms with Gasteiger partial charge in [-0.05, 0) is 48.9 Å². The second kappa shape index (κ2) is 5.77. The van der Waals surface area contributed by atoms with E-state index in [1.54, 1.807) is 0 Å². The highest BCUT2D eigenvalue weighted by atomic mass is 16.1. The van der Waals surface area contributed by atoms with Crippen molar-refractivity contribution < 1.29 is 4.79 Å². The number of nitrogens with zero attached hydrogens (tertiary/aromatic N) is 1. The molecule has 19 heavy (non-hydrogen) atoms. The minimum atomic E-state index is 0.226. The topological polar surface area (TPSA) is 20.3 Å². The zero-order chi connectivity index (χ0) is 13.9. The first-order chi connectivity index (χ1) is 9.02. The van der Waals surface area contributed by atoms with Crippen molar-refractivity contribution in [2.45, 2.75) is 46.5 Å². The molecule has 0 aromatic heterocycles. The summed E-state index contributed by atoms with van der Waals surface area (Å²) in [6.45, 7) is 8.88. The van der Waals surface area contributed by atoms with Crippen LogP contribution >= 0.6 is 0 Å². The Morgan fingerprint density at radius 3 is 2.47 bits per heavy atom. The largest absolute Gasteiger partial charge is 0.372 e. The van der Waals surface area contributed by atoms with Crippen molar-refractivity contribution in [3.63, 3.8) is 0 Å². The maximum absolute atomic E-state index is 11.6. The molecule has 2 heteroatoms. The van der Waals surface area contributed by atoms with Gasteiger partial charge in [-0.3, -0.25) is 4.79 Å². The van der Waals surface area contributed by atoms with E-state index < -0.39 is 0 Å². The Bertz CT molecular complexity index is 433. The average molecular weight is 259 g/mol. The van der Waals surface area contributed by atoms with Crippen molar-refractivity contribution in [2.24, 2.45) is 5.41 Å². The van der Waals surface area contributed by atoms with Gasteiger partial charge in [-0.15, -0.1) is 0 Å². The Kier molecular flexibility index (Phi) is 4.28. The fourth-order valence-electron chi connectivity index (χ4n) is 2.74. The molecule has 0 saturated carbocycles. The van der Waals surface area contributed by atoms with Crippen LogP contribution < -0.4 is 4.90 Å². The number of ketones is 1. The first-order valence-corrected chi connectivity index (χ1v) is 7.40. The van der Waals surface area contributed by atoms with Crippen molar-refractivity contribution >= 4 is 11.5 Å². The summed E-state index contributed by atoms with van der Waals surface area (Å²) >= 11 is 0. The lowest BCUT2D eigenvalue weighted by Gasteiger charge is -2.25. The molecule has 0 bridgehead atoms. The lowest BCUT2D eigenvalue weighted by atomic mass is 9.85. The van der Waals surface area contributed by atoms with Crippen LogP contribution in [0.15, 0.2) is 24.3 Å². The van der Waals surface area contributed by atoms with Crippen LogP contribution in [-0.4, -0.2) is 18.9 Å². The summed E-state index contributed by atoms with van der Waals surface area (Å²) in [4.78, 5) is 14.1. The van der Waals surface area contributed by atoms with Crippen molar-refractivity contribution in [1.82, 2.24) is 0 Å². The molecular formula is C17H25NO. The van der Waals surface area contributed by atoms with E-state index in [0.29, 0.717) is 11.8 Å². The minimum Gasteiger partial charge on any atom is -0.372 e. The predicted molar refractivity (Wildman–Crippen MR) is 80.9 cm³/mol. The fraction of sp³-hybridized carbons (Fsp3) is 0.588. The molecule has 0 atom stereocenters. The molecule has 2 rings (SSSR count). The maximum atomic E-state index is 11.6. The summed E-state index contributed by atoms with van der Waals surface area (Å²) in [5.41, 5.74) is 2.55. The van der Waals surface area contributed by atoms with E-state index in [0.717, 1.165) is 18.7 Å². The number of anilines is 1. The van der Waals surface area contributed by atoms with Gasteiger partial charge in [-0.25, -0.2) is 0 Å². The molecule has 0 aliphatic carbocycles. The Morgan fingerprint density at radius 1 is 1.16 bits per heavy atom. The monoisotopic (exact) mass is 259 g/mol. The van der Waals surface area contributed by atoms with Crippen molar-refractivity contribution in [2.75, 3.05) is 18.0 Å². The van der Waals surface area contributed by atoms with Gasteiger partial charge in [0.25, 0.3) is 0 Å². The average Bonchev–Trinajstić information content (AvgIpc) is 2.59. The first kappa shape index (κ1) is 14.1. The van der Waals surface area contributed by atoms with Crippen molar-refractivity contribution in [1.29, 1.82) is 0 Å². The third-order valence-electron chi connectivity index (χ3n) is 4.22. The zero-order valence-electron chi connectivity index (χ0n) is 12.4. The van der Waals surface area contributed by atoms with Crippen LogP contribution in [0.1, 0.15) is 56.8 Å². The lowest BCUT2D eigenvalue weighted by Crippen LogP contribution is -2.24. The van der Waals surface area contributed by atoms with E-state index in [1.807, 2.05) is 19.1 Å². The van der Waals surface area contributed by atoms with Gasteiger partial charge in [0, 0.05) is 30.8 Å². The fourth-order valence-corrected chi connectivity index (χ4v) is 2.74. The Balaban J connectivity index is 2.08. The molecule has 0 spiro atoms. The zero-order valence-corrected chi connectivity index (χ0v) is 12.4. The van der Waals surface area contributed by atoms with E-state index >= 15 is 0 Å². The Hall–Kier alpha value is -1.31. The summed E-state index contributed by atoms with van der Waals surface area (Å²) < 4.78 is 0. The second-order valence-electron chi connectivity index (χ2n) is 6.33. The van der Waals surface area contributed by atoms with Crippen molar-refractivity contribution in [3.05, 3.63) is 29.8 Å². The number of carbonyl (C=O) groups is 1. The van der Waals surface area contributed by atoms with Gasteiger partial charge in [-0.2, -0.15) is 0 Å². The predicted octanol–water partition coefficient (Wildman–Crippen LogP) is 4.30. The highest BCUT2D eigenvalue weighted by Gasteiger charge is 2.23. The molecule has 1 heterocycles. The first-order valence-electron chi connectivity index (χ1n) is 7.40. The van der Waals surface area contributed by atoms with E-state index in [4.69, 9.17) is 0 Å². The highest BCUT2D eigenvalue weighted by Crippen LogP contribution is 2.31. The molecule has 1 aromatic rings.